The van der Waals surface area contributed by atoms with Crippen molar-refractivity contribution in [3.05, 3.63) is 47.2 Å². The van der Waals surface area contributed by atoms with Crippen LogP contribution in [0.3, 0.4) is 0 Å². The summed E-state index contributed by atoms with van der Waals surface area (Å²) >= 11 is 0. The molecule has 0 spiro atoms. The third-order valence-corrected chi connectivity index (χ3v) is 6.53. The van der Waals surface area contributed by atoms with Gasteiger partial charge in [0.25, 0.3) is 0 Å². The number of allylic oxidation sites excluding steroid dienone is 1. The number of carboxylic acid groups (broad SMARTS) is 1. The van der Waals surface area contributed by atoms with E-state index in [0.717, 1.165) is 27.7 Å². The molecule has 0 aliphatic carbocycles. The van der Waals surface area contributed by atoms with Crippen LogP contribution < -0.4 is 0 Å². The molecule has 0 saturated carbocycles. The third kappa shape index (κ3) is 2.83. The molecule has 2 aliphatic heterocycles. The average molecular weight is 382 g/mol. The number of carbonyl (C=O) groups is 2. The normalized spacial score (nSPS) is 27.2. The summed E-state index contributed by atoms with van der Waals surface area (Å²) in [4.78, 5) is 29.9. The van der Waals surface area contributed by atoms with E-state index in [9.17, 15) is 14.7 Å². The van der Waals surface area contributed by atoms with E-state index < -0.39 is 12.0 Å². The van der Waals surface area contributed by atoms with Crippen molar-refractivity contribution in [3.8, 4) is 0 Å². The number of ether oxygens (including phenoxy) is 1. The number of aliphatic carboxylic acids is 1. The maximum Gasteiger partial charge on any atom is 0.321 e. The standard InChI is InChI=1S/C22H26N2O4/c1-4-13-11-24-18(9-15(13)12(2)22(27)28-3)20-16(10-19(24)21(25)26)14-7-5-6-8-17(14)23-20/h4-8,12,15,18-19,23H,9-11H2,1-3H3,(H,25,26). The minimum Gasteiger partial charge on any atom is -0.480 e. The van der Waals surface area contributed by atoms with Gasteiger partial charge in [0.15, 0.2) is 0 Å². The second kappa shape index (κ2) is 7.09. The van der Waals surface area contributed by atoms with E-state index in [4.69, 9.17) is 4.74 Å². The number of carboxylic acids is 1. The molecular formula is C22H26N2O4. The summed E-state index contributed by atoms with van der Waals surface area (Å²) in [6.07, 6.45) is 3.21. The first-order valence-electron chi connectivity index (χ1n) is 9.77. The van der Waals surface area contributed by atoms with Gasteiger partial charge in [0.05, 0.1) is 19.1 Å². The highest BCUT2D eigenvalue weighted by Gasteiger charge is 2.46. The lowest BCUT2D eigenvalue weighted by atomic mass is 9.74. The van der Waals surface area contributed by atoms with Crippen LogP contribution in [-0.4, -0.2) is 46.6 Å². The quantitative estimate of drug-likeness (QED) is 0.629. The van der Waals surface area contributed by atoms with Crippen molar-refractivity contribution in [2.45, 2.75) is 38.8 Å². The van der Waals surface area contributed by atoms with E-state index in [0.29, 0.717) is 19.4 Å². The number of para-hydroxylation sites is 1. The van der Waals surface area contributed by atoms with Gasteiger partial charge in [0, 0.05) is 29.6 Å². The number of rotatable bonds is 3. The largest absolute Gasteiger partial charge is 0.480 e. The number of aromatic amines is 1. The number of carbonyl (C=O) groups excluding carboxylic acids is 1. The van der Waals surface area contributed by atoms with Crippen molar-refractivity contribution in [3.63, 3.8) is 0 Å². The molecule has 1 aromatic carbocycles. The molecule has 4 unspecified atom stereocenters. The van der Waals surface area contributed by atoms with Gasteiger partial charge in [-0.25, -0.2) is 0 Å². The Kier molecular flexibility index (Phi) is 4.75. The number of nitrogens with zero attached hydrogens (tertiary/aromatic N) is 1. The number of hydrogen-bond acceptors (Lipinski definition) is 4. The van der Waals surface area contributed by atoms with Crippen LogP contribution in [0, 0.1) is 11.8 Å². The summed E-state index contributed by atoms with van der Waals surface area (Å²) in [5.41, 5.74) is 4.33. The first kappa shape index (κ1) is 18.7. The Bertz CT molecular complexity index is 961. The predicted molar refractivity (Wildman–Crippen MR) is 106 cm³/mol. The molecule has 3 heterocycles. The van der Waals surface area contributed by atoms with Gasteiger partial charge >= 0.3 is 11.9 Å². The molecule has 0 radical (unpaired) electrons. The lowest BCUT2D eigenvalue weighted by Gasteiger charge is -2.47. The lowest BCUT2D eigenvalue weighted by Crippen LogP contribution is -2.53. The summed E-state index contributed by atoms with van der Waals surface area (Å²) < 4.78 is 4.99. The highest BCUT2D eigenvalue weighted by molar-refractivity contribution is 5.87. The monoisotopic (exact) mass is 382 g/mol. The van der Waals surface area contributed by atoms with E-state index in [1.807, 2.05) is 44.2 Å². The fourth-order valence-electron chi connectivity index (χ4n) is 5.02. The Morgan fingerprint density at radius 2 is 2.11 bits per heavy atom. The van der Waals surface area contributed by atoms with Crippen LogP contribution in [0.1, 0.15) is 37.6 Å². The van der Waals surface area contributed by atoms with E-state index in [-0.39, 0.29) is 23.8 Å². The van der Waals surface area contributed by atoms with Crippen molar-refractivity contribution < 1.29 is 19.4 Å². The zero-order valence-corrected chi connectivity index (χ0v) is 16.4. The highest BCUT2D eigenvalue weighted by Crippen LogP contribution is 2.46. The lowest BCUT2D eigenvalue weighted by molar-refractivity contribution is -0.149. The molecule has 2 aromatic rings. The van der Waals surface area contributed by atoms with Gasteiger partial charge in [-0.1, -0.05) is 36.8 Å². The number of H-pyrrole nitrogens is 1. The Balaban J connectivity index is 1.81. The average Bonchev–Trinajstić information content (AvgIpc) is 3.09. The van der Waals surface area contributed by atoms with Crippen molar-refractivity contribution in [2.24, 2.45) is 11.8 Å². The molecule has 6 heteroatoms. The first-order valence-corrected chi connectivity index (χ1v) is 9.77. The van der Waals surface area contributed by atoms with Crippen molar-refractivity contribution in [1.29, 1.82) is 0 Å². The number of piperidine rings is 1. The minimum atomic E-state index is -0.796. The molecule has 0 bridgehead atoms. The molecule has 2 N–H and O–H groups in total. The van der Waals surface area contributed by atoms with Gasteiger partial charge < -0.3 is 14.8 Å². The Morgan fingerprint density at radius 1 is 1.36 bits per heavy atom. The van der Waals surface area contributed by atoms with Crippen LogP contribution in [0.4, 0.5) is 0 Å². The molecule has 4 rings (SSSR count). The Labute approximate surface area is 164 Å². The van der Waals surface area contributed by atoms with Crippen LogP contribution in [0.5, 0.6) is 0 Å². The summed E-state index contributed by atoms with van der Waals surface area (Å²) in [7, 11) is 1.42. The summed E-state index contributed by atoms with van der Waals surface area (Å²) in [6.45, 7) is 4.42. The highest BCUT2D eigenvalue weighted by atomic mass is 16.5. The van der Waals surface area contributed by atoms with Crippen LogP contribution in [0.15, 0.2) is 35.9 Å². The maximum atomic E-state index is 12.2. The molecule has 28 heavy (non-hydrogen) atoms. The SMILES string of the molecule is CC=C1CN2C(C(=O)O)Cc3c([nH]c4ccccc34)C2CC1C(C)C(=O)OC. The van der Waals surface area contributed by atoms with Gasteiger partial charge in [-0.3, -0.25) is 14.5 Å². The van der Waals surface area contributed by atoms with Crippen molar-refractivity contribution >= 4 is 22.8 Å². The molecule has 1 aromatic heterocycles. The Morgan fingerprint density at radius 3 is 2.79 bits per heavy atom. The van der Waals surface area contributed by atoms with E-state index in [1.165, 1.54) is 7.11 Å². The topological polar surface area (TPSA) is 82.6 Å². The number of esters is 1. The second-order valence-corrected chi connectivity index (χ2v) is 7.83. The van der Waals surface area contributed by atoms with E-state index in [1.54, 1.807) is 0 Å². The van der Waals surface area contributed by atoms with Gasteiger partial charge in [-0.2, -0.15) is 0 Å². The number of aromatic nitrogens is 1. The number of nitrogens with one attached hydrogen (secondary N) is 1. The van der Waals surface area contributed by atoms with Gasteiger partial charge in [-0.05, 0) is 30.9 Å². The number of fused-ring (bicyclic) bond motifs is 5. The smallest absolute Gasteiger partial charge is 0.321 e. The molecule has 4 atom stereocenters. The fourth-order valence-corrected chi connectivity index (χ4v) is 5.02. The maximum absolute atomic E-state index is 12.2. The van der Waals surface area contributed by atoms with Gasteiger partial charge in [0.1, 0.15) is 6.04 Å². The zero-order chi connectivity index (χ0) is 20.0. The summed E-state index contributed by atoms with van der Waals surface area (Å²) in [6, 6.07) is 7.42. The molecule has 0 amide bonds. The fraction of sp³-hybridized carbons (Fsp3) is 0.455. The van der Waals surface area contributed by atoms with E-state index >= 15 is 0 Å². The Hall–Kier alpha value is -2.60. The number of methoxy groups -OCH3 is 1. The van der Waals surface area contributed by atoms with Gasteiger partial charge in [0.2, 0.25) is 0 Å². The molecular weight excluding hydrogens is 356 g/mol. The molecule has 1 saturated heterocycles. The number of benzene rings is 1. The molecule has 2 aliphatic rings. The second-order valence-electron chi connectivity index (χ2n) is 7.83. The van der Waals surface area contributed by atoms with Crippen molar-refractivity contribution in [2.75, 3.05) is 13.7 Å². The van der Waals surface area contributed by atoms with Crippen LogP contribution in [-0.2, 0) is 20.7 Å². The van der Waals surface area contributed by atoms with Crippen LogP contribution in [0.2, 0.25) is 0 Å². The third-order valence-electron chi connectivity index (χ3n) is 6.53. The summed E-state index contributed by atoms with van der Waals surface area (Å²) in [5, 5.41) is 11.0. The molecule has 1 fully saturated rings. The van der Waals surface area contributed by atoms with Crippen molar-refractivity contribution in [1.82, 2.24) is 9.88 Å². The van der Waals surface area contributed by atoms with Crippen LogP contribution >= 0.6 is 0 Å². The van der Waals surface area contributed by atoms with E-state index in [2.05, 4.69) is 9.88 Å². The summed E-state index contributed by atoms with van der Waals surface area (Å²) in [5.74, 6) is -1.25. The van der Waals surface area contributed by atoms with Gasteiger partial charge in [-0.15, -0.1) is 0 Å². The number of hydrogen-bond donors (Lipinski definition) is 2. The van der Waals surface area contributed by atoms with Crippen LogP contribution in [0.25, 0.3) is 10.9 Å². The predicted octanol–water partition coefficient (Wildman–Crippen LogP) is 3.30. The zero-order valence-electron chi connectivity index (χ0n) is 16.4. The molecule has 6 nitrogen and oxygen atoms in total. The first-order chi connectivity index (χ1) is 13.5. The molecule has 148 valence electrons. The minimum absolute atomic E-state index is 0.0329.